The van der Waals surface area contributed by atoms with Gasteiger partial charge >= 0.3 is 35.8 Å². The number of hydrogen-bond acceptors (Lipinski definition) is 18. The van der Waals surface area contributed by atoms with Crippen molar-refractivity contribution in [3.05, 3.63) is 35.5 Å². The summed E-state index contributed by atoms with van der Waals surface area (Å²) >= 11 is 0. The third kappa shape index (κ3) is 5.42. The van der Waals surface area contributed by atoms with Crippen LogP contribution in [0.3, 0.4) is 0 Å². The molecule has 358 valence electrons. The third-order valence-electron chi connectivity index (χ3n) is 16.1. The molecule has 4 bridgehead atoms. The fourth-order valence-corrected chi connectivity index (χ4v) is 13.9. The lowest BCUT2D eigenvalue weighted by Crippen LogP contribution is -2.97. The van der Waals surface area contributed by atoms with Crippen molar-refractivity contribution in [2.75, 3.05) is 7.11 Å². The van der Waals surface area contributed by atoms with Crippen LogP contribution >= 0.6 is 0 Å². The number of hydrogen-bond donors (Lipinski definition) is 2. The largest absolute Gasteiger partial charge is 0.511 e. The van der Waals surface area contributed by atoms with E-state index in [9.17, 15) is 34.2 Å². The number of esters is 6. The molecule has 4 saturated carbocycles. The first-order chi connectivity index (χ1) is 30.1. The number of allylic oxidation sites excluding steroid dienone is 1. The van der Waals surface area contributed by atoms with Gasteiger partial charge in [-0.3, -0.25) is 24.0 Å². The van der Waals surface area contributed by atoms with E-state index in [1.54, 1.807) is 76.2 Å². The van der Waals surface area contributed by atoms with Crippen molar-refractivity contribution in [2.24, 2.45) is 51.8 Å². The predicted octanol–water partition coefficient (Wildman–Crippen LogP) is 4.94. The summed E-state index contributed by atoms with van der Waals surface area (Å²) in [4.78, 5) is 86.2. The molecule has 18 heteroatoms. The summed E-state index contributed by atoms with van der Waals surface area (Å²) in [5.74, 6) is -14.0. The van der Waals surface area contributed by atoms with E-state index in [4.69, 9.17) is 47.0 Å². The number of carbonyl (C=O) groups excluding carboxylic acids is 6. The normalized spacial score (nSPS) is 44.7. The Kier molecular flexibility index (Phi) is 10.5. The van der Waals surface area contributed by atoms with Gasteiger partial charge < -0.3 is 57.3 Å². The SMILES string of the molecule is COC(=O)C[C@H]1[C@@]2(C)C[C@@]34O[C@]5(C)O[C@]6([C@@H]7/C(=C(/O)C(C)C)C(=O)O[C@@H](c8ccoc8)[C@]7(C)C(OC(=O)C(C)C)C(OC(=O)C(C)C)[C@]6(O5)[C@]13C)[C@H](OC(=O)C(C)C)[C@@]4(O)[C@H]2OC(C)=O. The van der Waals surface area contributed by atoms with Gasteiger partial charge in [0.1, 0.15) is 23.6 Å². The number of furan rings is 1. The molecular weight excluding hydrogens is 852 g/mol. The smallest absolute Gasteiger partial charge is 0.338 e. The van der Waals surface area contributed by atoms with Crippen molar-refractivity contribution in [3.8, 4) is 0 Å². The van der Waals surface area contributed by atoms with Gasteiger partial charge in [-0.2, -0.15) is 0 Å². The second-order valence-corrected chi connectivity index (χ2v) is 21.1. The number of carbonyl (C=O) groups is 6. The monoisotopic (exact) mass is 914 g/mol. The summed E-state index contributed by atoms with van der Waals surface area (Å²) in [5.41, 5.74) is -15.3. The van der Waals surface area contributed by atoms with Crippen molar-refractivity contribution in [1.82, 2.24) is 0 Å². The molecule has 3 aliphatic heterocycles. The van der Waals surface area contributed by atoms with Gasteiger partial charge in [0.05, 0.1) is 48.4 Å². The van der Waals surface area contributed by atoms with Crippen molar-refractivity contribution >= 4 is 35.8 Å². The number of methoxy groups -OCH3 is 1. The Morgan fingerprint density at radius 3 is 1.91 bits per heavy atom. The van der Waals surface area contributed by atoms with Crippen LogP contribution in [0.15, 0.2) is 34.3 Å². The summed E-state index contributed by atoms with van der Waals surface area (Å²) in [5, 5.41) is 26.9. The molecule has 15 atom stereocenters. The lowest BCUT2D eigenvalue weighted by atomic mass is 9.32. The van der Waals surface area contributed by atoms with E-state index < -0.39 is 164 Å². The Morgan fingerprint density at radius 2 is 1.38 bits per heavy atom. The first-order valence-corrected chi connectivity index (χ1v) is 22.4. The van der Waals surface area contributed by atoms with Crippen LogP contribution < -0.4 is 0 Å². The maximum absolute atomic E-state index is 15.2. The Morgan fingerprint density at radius 1 is 0.800 bits per heavy atom. The highest BCUT2D eigenvalue weighted by Crippen LogP contribution is 2.90. The number of fused-ring (bicyclic) bond motifs is 3. The van der Waals surface area contributed by atoms with Crippen LogP contribution in [0.5, 0.6) is 0 Å². The fraction of sp³-hybridized carbons (Fsp3) is 0.745. The molecule has 0 radical (unpaired) electrons. The van der Waals surface area contributed by atoms with Gasteiger partial charge in [-0.15, -0.1) is 0 Å². The zero-order valence-corrected chi connectivity index (χ0v) is 39.4. The number of ether oxygens (including phenoxy) is 9. The van der Waals surface area contributed by atoms with Gasteiger partial charge in [-0.05, 0) is 18.4 Å². The van der Waals surface area contributed by atoms with Gasteiger partial charge in [-0.1, -0.05) is 76.2 Å². The topological polar surface area (TPSA) is 239 Å². The number of aliphatic hydroxyl groups is 2. The second-order valence-electron chi connectivity index (χ2n) is 21.1. The Labute approximate surface area is 377 Å². The first kappa shape index (κ1) is 47.0. The lowest BCUT2D eigenvalue weighted by molar-refractivity contribution is -0.491. The molecule has 3 saturated heterocycles. The minimum absolute atomic E-state index is 0.189. The highest BCUT2D eigenvalue weighted by molar-refractivity contribution is 5.92. The average Bonchev–Trinajstić information content (AvgIpc) is 3.92. The summed E-state index contributed by atoms with van der Waals surface area (Å²) in [6.45, 7) is 20.3. The lowest BCUT2D eigenvalue weighted by Gasteiger charge is -2.78. The van der Waals surface area contributed by atoms with Crippen molar-refractivity contribution < 1.29 is 86.0 Å². The molecule has 8 rings (SSSR count). The summed E-state index contributed by atoms with van der Waals surface area (Å²) < 4.78 is 65.6. The zero-order chi connectivity index (χ0) is 48.2. The molecule has 2 N–H and O–H groups in total. The Hall–Kier alpha value is -4.52. The minimum atomic E-state index is -2.65. The van der Waals surface area contributed by atoms with Gasteiger partial charge in [0.25, 0.3) is 5.97 Å². The van der Waals surface area contributed by atoms with Crippen LogP contribution in [0.25, 0.3) is 0 Å². The minimum Gasteiger partial charge on any atom is -0.511 e. The number of aliphatic hydroxyl groups excluding tert-OH is 1. The van der Waals surface area contributed by atoms with Gasteiger partial charge in [0.15, 0.2) is 35.1 Å². The van der Waals surface area contributed by atoms with E-state index >= 15 is 4.79 Å². The molecule has 1 aromatic heterocycles. The van der Waals surface area contributed by atoms with E-state index in [1.165, 1.54) is 32.6 Å². The first-order valence-electron chi connectivity index (χ1n) is 22.4. The summed E-state index contributed by atoms with van der Waals surface area (Å²) in [7, 11) is 1.20. The number of rotatable bonds is 11. The molecule has 1 aromatic rings. The summed E-state index contributed by atoms with van der Waals surface area (Å²) in [6, 6.07) is 1.53. The molecule has 4 heterocycles. The van der Waals surface area contributed by atoms with Crippen LogP contribution in [-0.2, 0) is 71.4 Å². The summed E-state index contributed by atoms with van der Waals surface area (Å²) in [6.07, 6.45) is -6.73. The fourth-order valence-electron chi connectivity index (χ4n) is 13.9. The van der Waals surface area contributed by atoms with Crippen molar-refractivity contribution in [3.63, 3.8) is 0 Å². The number of cyclic esters (lactones) is 1. The van der Waals surface area contributed by atoms with Gasteiger partial charge in [0.2, 0.25) is 0 Å². The maximum Gasteiger partial charge on any atom is 0.338 e. The van der Waals surface area contributed by atoms with E-state index in [0.717, 1.165) is 6.92 Å². The quantitative estimate of drug-likeness (QED) is 0.129. The molecule has 7 fully saturated rings. The predicted molar refractivity (Wildman–Crippen MR) is 219 cm³/mol. The van der Waals surface area contributed by atoms with E-state index in [-0.39, 0.29) is 12.0 Å². The van der Waals surface area contributed by atoms with E-state index in [0.29, 0.717) is 0 Å². The highest BCUT2D eigenvalue weighted by atomic mass is 16.9. The highest BCUT2D eigenvalue weighted by Gasteiger charge is 3.07. The van der Waals surface area contributed by atoms with Crippen LogP contribution in [-0.4, -0.2) is 106 Å². The molecule has 0 amide bonds. The molecular formula is C47H62O18. The van der Waals surface area contributed by atoms with Gasteiger partial charge in [0, 0.05) is 48.5 Å². The van der Waals surface area contributed by atoms with Gasteiger partial charge in [-0.25, -0.2) is 4.79 Å². The van der Waals surface area contributed by atoms with Crippen LogP contribution in [0.2, 0.25) is 0 Å². The van der Waals surface area contributed by atoms with Crippen molar-refractivity contribution in [2.45, 2.75) is 162 Å². The molecule has 65 heavy (non-hydrogen) atoms. The third-order valence-corrected chi connectivity index (χ3v) is 16.1. The van der Waals surface area contributed by atoms with Crippen LogP contribution in [0, 0.1) is 51.8 Å². The Balaban J connectivity index is 1.65. The van der Waals surface area contributed by atoms with E-state index in [2.05, 4.69) is 0 Å². The maximum atomic E-state index is 15.2. The van der Waals surface area contributed by atoms with Crippen molar-refractivity contribution in [1.29, 1.82) is 0 Å². The van der Waals surface area contributed by atoms with Crippen LogP contribution in [0.4, 0.5) is 0 Å². The standard InChI is InChI=1S/C47H62O18/c1-20(2)29(50)28-30-41(11,31(59-37(28)54)25-15-16-57-18-25)32(60-34(51)21(3)4)33(61-35(52)22(5)6)47-42(12)26(17-27(49)56-14)40(10)19-44(42)45(55,38(40)58-24(9)48)39(62-36(53)23(7)8)46(30,47)64-43(13,63-44)65-47/h15-16,18,20-23,26,30-33,38-39,50,55H,17,19H2,1-14H3/b29-28-/t26-,30+,31-,32?,33?,38-,39+,40+,41+,42+,43+,44+,45-,46+,47-/m0/s1. The molecule has 0 aromatic carbocycles. The average molecular weight is 915 g/mol. The Bertz CT molecular complexity index is 2250. The molecule has 4 aliphatic carbocycles. The molecule has 2 spiro atoms. The molecule has 7 aliphatic rings. The second kappa shape index (κ2) is 14.5. The zero-order valence-electron chi connectivity index (χ0n) is 39.4. The molecule has 2 unspecified atom stereocenters. The van der Waals surface area contributed by atoms with Crippen LogP contribution in [0.1, 0.15) is 115 Å². The molecule has 18 nitrogen and oxygen atoms in total. The van der Waals surface area contributed by atoms with E-state index in [1.807, 2.05) is 0 Å².